The summed E-state index contributed by atoms with van der Waals surface area (Å²) < 4.78 is 30.6. The largest absolute Gasteiger partial charge is 0.435 e. The van der Waals surface area contributed by atoms with Gasteiger partial charge >= 0.3 is 6.61 Å². The first-order chi connectivity index (χ1) is 13.5. The van der Waals surface area contributed by atoms with Gasteiger partial charge < -0.3 is 19.9 Å². The summed E-state index contributed by atoms with van der Waals surface area (Å²) in [4.78, 5) is 18.9. The Kier molecular flexibility index (Phi) is 6.94. The molecule has 152 valence electrons. The number of carbonyl (C=O) groups is 1. The Bertz CT molecular complexity index is 766. The third-order valence-electron chi connectivity index (χ3n) is 4.74. The van der Waals surface area contributed by atoms with Crippen molar-refractivity contribution >= 4 is 5.91 Å². The number of aromatic nitrogens is 2. The smallest absolute Gasteiger partial charge is 0.387 e. The molecule has 1 aromatic heterocycles. The van der Waals surface area contributed by atoms with E-state index in [0.29, 0.717) is 19.5 Å². The Morgan fingerprint density at radius 2 is 2.18 bits per heavy atom. The van der Waals surface area contributed by atoms with Gasteiger partial charge in [-0.25, -0.2) is 4.98 Å². The van der Waals surface area contributed by atoms with E-state index in [1.54, 1.807) is 18.3 Å². The molecule has 1 amide bonds. The third kappa shape index (κ3) is 5.49. The van der Waals surface area contributed by atoms with Crippen LogP contribution in [0.25, 0.3) is 0 Å². The van der Waals surface area contributed by atoms with Crippen molar-refractivity contribution in [3.8, 4) is 5.75 Å². The Hall–Kier alpha value is -2.52. The van der Waals surface area contributed by atoms with Crippen molar-refractivity contribution in [2.24, 2.45) is 7.05 Å². The van der Waals surface area contributed by atoms with Crippen molar-refractivity contribution in [3.05, 3.63) is 48.0 Å². The van der Waals surface area contributed by atoms with E-state index in [2.05, 4.69) is 25.3 Å². The molecule has 1 saturated heterocycles. The van der Waals surface area contributed by atoms with Crippen molar-refractivity contribution < 1.29 is 18.3 Å². The predicted octanol–water partition coefficient (Wildman–Crippen LogP) is 1.33. The number of hydrogen-bond donors (Lipinski definition) is 2. The van der Waals surface area contributed by atoms with Gasteiger partial charge in [-0.1, -0.05) is 12.1 Å². The Morgan fingerprint density at radius 3 is 2.86 bits per heavy atom. The molecule has 1 aliphatic heterocycles. The van der Waals surface area contributed by atoms with Gasteiger partial charge in [-0.2, -0.15) is 8.78 Å². The summed E-state index contributed by atoms with van der Waals surface area (Å²) >= 11 is 0. The lowest BCUT2D eigenvalue weighted by molar-refractivity contribution is -0.123. The van der Waals surface area contributed by atoms with E-state index >= 15 is 0 Å². The molecule has 2 aromatic rings. The first-order valence-corrected chi connectivity index (χ1v) is 9.25. The number of piperazine rings is 1. The van der Waals surface area contributed by atoms with E-state index in [9.17, 15) is 13.6 Å². The lowest BCUT2D eigenvalue weighted by Crippen LogP contribution is -2.50. The van der Waals surface area contributed by atoms with Gasteiger partial charge in [-0.05, 0) is 24.1 Å². The van der Waals surface area contributed by atoms with E-state index in [1.165, 1.54) is 12.1 Å². The van der Waals surface area contributed by atoms with Gasteiger partial charge in [0.05, 0.1) is 12.6 Å². The van der Waals surface area contributed by atoms with Gasteiger partial charge in [0.15, 0.2) is 0 Å². The summed E-state index contributed by atoms with van der Waals surface area (Å²) in [5.41, 5.74) is 0.940. The minimum Gasteiger partial charge on any atom is -0.435 e. The summed E-state index contributed by atoms with van der Waals surface area (Å²) in [6, 6.07) is 6.50. The highest BCUT2D eigenvalue weighted by molar-refractivity contribution is 5.78. The summed E-state index contributed by atoms with van der Waals surface area (Å²) in [5, 5.41) is 6.28. The van der Waals surface area contributed by atoms with Crippen LogP contribution >= 0.6 is 0 Å². The molecule has 1 aliphatic rings. The van der Waals surface area contributed by atoms with Crippen molar-refractivity contribution in [3.63, 3.8) is 0 Å². The molecule has 28 heavy (non-hydrogen) atoms. The molecule has 3 rings (SSSR count). The van der Waals surface area contributed by atoms with Gasteiger partial charge in [-0.15, -0.1) is 0 Å². The zero-order valence-corrected chi connectivity index (χ0v) is 15.8. The lowest BCUT2D eigenvalue weighted by Gasteiger charge is -2.35. The molecule has 9 heteroatoms. The number of hydrogen-bond acceptors (Lipinski definition) is 5. The van der Waals surface area contributed by atoms with Crippen LogP contribution in [0, 0.1) is 0 Å². The average Bonchev–Trinajstić information content (AvgIpc) is 3.09. The first-order valence-electron chi connectivity index (χ1n) is 9.25. The van der Waals surface area contributed by atoms with Crippen LogP contribution in [0.1, 0.15) is 17.4 Å². The number of aryl methyl sites for hydroxylation is 1. The van der Waals surface area contributed by atoms with Crippen LogP contribution in [-0.2, 0) is 18.3 Å². The number of carbonyl (C=O) groups excluding carboxylic acids is 1. The highest BCUT2D eigenvalue weighted by Gasteiger charge is 2.28. The second-order valence-corrected chi connectivity index (χ2v) is 6.71. The number of alkyl halides is 2. The monoisotopic (exact) mass is 393 g/mol. The quantitative estimate of drug-likeness (QED) is 0.708. The van der Waals surface area contributed by atoms with Crippen LogP contribution in [0.5, 0.6) is 5.75 Å². The van der Waals surface area contributed by atoms with E-state index in [1.807, 2.05) is 17.8 Å². The maximum atomic E-state index is 12.4. The summed E-state index contributed by atoms with van der Waals surface area (Å²) in [6.45, 7) is 0.320. The number of nitrogens with one attached hydrogen (secondary N) is 2. The van der Waals surface area contributed by atoms with Crippen LogP contribution in [-0.4, -0.2) is 59.7 Å². The molecule has 0 bridgehead atoms. The standard InChI is InChI=1S/C19H25F2N5O2/c1-25-10-9-24-18(25)16-12-22-8-11-26(16)13-17(27)23-7-6-14-2-4-15(5-3-14)28-19(20)21/h2-5,9-10,16,19,22H,6-8,11-13H2,1H3,(H,23,27). The van der Waals surface area contributed by atoms with E-state index in [-0.39, 0.29) is 17.7 Å². The van der Waals surface area contributed by atoms with E-state index in [4.69, 9.17) is 0 Å². The zero-order chi connectivity index (χ0) is 19.9. The number of halogens is 2. The molecule has 1 atom stereocenters. The van der Waals surface area contributed by atoms with Gasteiger partial charge in [0, 0.05) is 45.6 Å². The van der Waals surface area contributed by atoms with Gasteiger partial charge in [-0.3, -0.25) is 9.69 Å². The molecule has 7 nitrogen and oxygen atoms in total. The summed E-state index contributed by atoms with van der Waals surface area (Å²) in [5.74, 6) is 1.02. The van der Waals surface area contributed by atoms with Crippen LogP contribution in [0.4, 0.5) is 8.78 Å². The zero-order valence-electron chi connectivity index (χ0n) is 15.8. The molecule has 2 heterocycles. The van der Waals surface area contributed by atoms with E-state index in [0.717, 1.165) is 31.0 Å². The second kappa shape index (κ2) is 9.61. The highest BCUT2D eigenvalue weighted by atomic mass is 19.3. The fourth-order valence-electron chi connectivity index (χ4n) is 3.31. The minimum absolute atomic E-state index is 0.0428. The molecule has 1 fully saturated rings. The molecule has 0 spiro atoms. The van der Waals surface area contributed by atoms with Crippen molar-refractivity contribution in [1.29, 1.82) is 0 Å². The van der Waals surface area contributed by atoms with Gasteiger partial charge in [0.1, 0.15) is 11.6 Å². The number of amides is 1. The molecule has 1 unspecified atom stereocenters. The number of rotatable bonds is 8. The molecule has 0 saturated carbocycles. The van der Waals surface area contributed by atoms with Gasteiger partial charge in [0.2, 0.25) is 5.91 Å². The fraction of sp³-hybridized carbons (Fsp3) is 0.474. The minimum atomic E-state index is -2.83. The van der Waals surface area contributed by atoms with Crippen LogP contribution in [0.15, 0.2) is 36.7 Å². The predicted molar refractivity (Wildman–Crippen MR) is 100 cm³/mol. The highest BCUT2D eigenvalue weighted by Crippen LogP contribution is 2.19. The van der Waals surface area contributed by atoms with Crippen LogP contribution < -0.4 is 15.4 Å². The first kappa shape index (κ1) is 20.2. The maximum absolute atomic E-state index is 12.4. The molecule has 0 radical (unpaired) electrons. The Labute approximate surface area is 162 Å². The fourth-order valence-corrected chi connectivity index (χ4v) is 3.31. The second-order valence-electron chi connectivity index (χ2n) is 6.71. The van der Waals surface area contributed by atoms with Gasteiger partial charge in [0.25, 0.3) is 0 Å². The molecule has 0 aliphatic carbocycles. The Morgan fingerprint density at radius 1 is 1.39 bits per heavy atom. The van der Waals surface area contributed by atoms with Crippen LogP contribution in [0.3, 0.4) is 0 Å². The van der Waals surface area contributed by atoms with Crippen molar-refractivity contribution in [1.82, 2.24) is 25.1 Å². The lowest BCUT2D eigenvalue weighted by atomic mass is 10.1. The molecule has 2 N–H and O–H groups in total. The van der Waals surface area contributed by atoms with Crippen molar-refractivity contribution in [2.45, 2.75) is 19.1 Å². The summed E-state index contributed by atoms with van der Waals surface area (Å²) in [7, 11) is 1.95. The van der Waals surface area contributed by atoms with E-state index < -0.39 is 6.61 Å². The number of imidazole rings is 1. The van der Waals surface area contributed by atoms with Crippen LogP contribution in [0.2, 0.25) is 0 Å². The number of nitrogens with zero attached hydrogens (tertiary/aromatic N) is 3. The Balaban J connectivity index is 1.46. The third-order valence-corrected chi connectivity index (χ3v) is 4.74. The number of ether oxygens (including phenoxy) is 1. The molecule has 1 aromatic carbocycles. The maximum Gasteiger partial charge on any atom is 0.387 e. The molecular weight excluding hydrogens is 368 g/mol. The van der Waals surface area contributed by atoms with Crippen molar-refractivity contribution in [2.75, 3.05) is 32.7 Å². The average molecular weight is 393 g/mol. The topological polar surface area (TPSA) is 71.4 Å². The SMILES string of the molecule is Cn1ccnc1C1CNCCN1CC(=O)NCCc1ccc(OC(F)F)cc1. The normalized spacial score (nSPS) is 17.6. The molecular formula is C19H25F2N5O2. The number of benzene rings is 1. The summed E-state index contributed by atoms with van der Waals surface area (Å²) in [6.07, 6.45) is 4.28.